The molecule has 1 saturated carbocycles. The first kappa shape index (κ1) is 13.5. The fourth-order valence-corrected chi connectivity index (χ4v) is 1.79. The normalized spacial score (nSPS) is 14.1. The molecular formula is C12H20N6O. The maximum absolute atomic E-state index is 11.5. The molecule has 104 valence electrons. The smallest absolute Gasteiger partial charge is 0.239 e. The van der Waals surface area contributed by atoms with Gasteiger partial charge in [-0.15, -0.1) is 0 Å². The zero-order chi connectivity index (χ0) is 13.8. The Morgan fingerprint density at radius 2 is 2.05 bits per heavy atom. The number of nitrogens with two attached hydrogens (primary N) is 1. The zero-order valence-corrected chi connectivity index (χ0v) is 11.3. The van der Waals surface area contributed by atoms with Gasteiger partial charge in [-0.2, -0.15) is 0 Å². The molecule has 0 bridgehead atoms. The van der Waals surface area contributed by atoms with Gasteiger partial charge in [0.1, 0.15) is 17.5 Å². The molecule has 0 unspecified atom stereocenters. The van der Waals surface area contributed by atoms with Crippen LogP contribution in [0.1, 0.15) is 37.1 Å². The maximum atomic E-state index is 11.5. The van der Waals surface area contributed by atoms with Crippen molar-refractivity contribution >= 4 is 17.5 Å². The van der Waals surface area contributed by atoms with Crippen molar-refractivity contribution in [2.24, 2.45) is 5.84 Å². The first-order valence-electron chi connectivity index (χ1n) is 6.51. The summed E-state index contributed by atoms with van der Waals surface area (Å²) in [5.41, 5.74) is 3.40. The number of hydrogen-bond donors (Lipinski definition) is 4. The Balaban J connectivity index is 2.13. The van der Waals surface area contributed by atoms with Gasteiger partial charge in [0, 0.05) is 18.0 Å². The van der Waals surface area contributed by atoms with Crippen LogP contribution in [0.2, 0.25) is 0 Å². The van der Waals surface area contributed by atoms with Crippen molar-refractivity contribution in [2.75, 3.05) is 23.8 Å². The molecule has 2 rings (SSSR count). The molecule has 7 nitrogen and oxygen atoms in total. The monoisotopic (exact) mass is 264 g/mol. The van der Waals surface area contributed by atoms with E-state index in [1.165, 1.54) is 0 Å². The van der Waals surface area contributed by atoms with E-state index in [9.17, 15) is 4.79 Å². The number of hydrogen-bond acceptors (Lipinski definition) is 6. The Labute approximate surface area is 112 Å². The quantitative estimate of drug-likeness (QED) is 0.440. The van der Waals surface area contributed by atoms with Crippen LogP contribution >= 0.6 is 0 Å². The number of anilines is 2. The van der Waals surface area contributed by atoms with Crippen molar-refractivity contribution in [1.29, 1.82) is 0 Å². The van der Waals surface area contributed by atoms with Gasteiger partial charge in [0.2, 0.25) is 5.91 Å². The third-order valence-corrected chi connectivity index (χ3v) is 3.03. The van der Waals surface area contributed by atoms with Crippen LogP contribution in [0.5, 0.6) is 0 Å². The second kappa shape index (κ2) is 5.83. The molecule has 0 saturated heterocycles. The second-order valence-electron chi connectivity index (χ2n) is 4.63. The average molecular weight is 264 g/mol. The number of rotatable bonds is 6. The van der Waals surface area contributed by atoms with Gasteiger partial charge in [0.25, 0.3) is 0 Å². The number of nitrogen functional groups attached to an aromatic ring is 1. The van der Waals surface area contributed by atoms with Crippen molar-refractivity contribution in [2.45, 2.75) is 32.6 Å². The van der Waals surface area contributed by atoms with Crippen LogP contribution in [-0.2, 0) is 4.79 Å². The average Bonchev–Trinajstić information content (AvgIpc) is 3.22. The maximum Gasteiger partial charge on any atom is 0.239 e. The number of aromatic nitrogens is 2. The molecule has 0 atom stereocenters. The predicted molar refractivity (Wildman–Crippen MR) is 73.7 cm³/mol. The van der Waals surface area contributed by atoms with Gasteiger partial charge in [-0.1, -0.05) is 0 Å². The lowest BCUT2D eigenvalue weighted by Crippen LogP contribution is -2.30. The SMILES string of the molecule is CCNC(=O)CNc1nc(C2CC2)nc(NN)c1C. The fraction of sp³-hybridized carbons (Fsp3) is 0.583. The highest BCUT2D eigenvalue weighted by atomic mass is 16.1. The van der Waals surface area contributed by atoms with E-state index in [-0.39, 0.29) is 12.5 Å². The summed E-state index contributed by atoms with van der Waals surface area (Å²) in [4.78, 5) is 20.3. The standard InChI is InChI=1S/C12H20N6O/c1-3-14-9(19)6-15-10-7(2)11(18-13)17-12(16-10)8-4-5-8/h8H,3-6,13H2,1-2H3,(H,14,19)(H2,15,16,17,18). The molecule has 5 N–H and O–H groups in total. The van der Waals surface area contributed by atoms with E-state index < -0.39 is 0 Å². The second-order valence-corrected chi connectivity index (χ2v) is 4.63. The van der Waals surface area contributed by atoms with Crippen molar-refractivity contribution in [3.63, 3.8) is 0 Å². The highest BCUT2D eigenvalue weighted by molar-refractivity contribution is 5.80. The number of nitrogens with one attached hydrogen (secondary N) is 3. The van der Waals surface area contributed by atoms with E-state index in [4.69, 9.17) is 5.84 Å². The van der Waals surface area contributed by atoms with E-state index in [0.29, 0.717) is 24.1 Å². The van der Waals surface area contributed by atoms with Crippen LogP contribution in [0.3, 0.4) is 0 Å². The van der Waals surface area contributed by atoms with Crippen LogP contribution in [0.4, 0.5) is 11.6 Å². The molecule has 19 heavy (non-hydrogen) atoms. The van der Waals surface area contributed by atoms with Crippen molar-refractivity contribution < 1.29 is 4.79 Å². The lowest BCUT2D eigenvalue weighted by Gasteiger charge is -2.13. The minimum absolute atomic E-state index is 0.0595. The predicted octanol–water partition coefficient (Wildman–Crippen LogP) is 0.496. The molecule has 0 spiro atoms. The van der Waals surface area contributed by atoms with E-state index in [2.05, 4.69) is 26.0 Å². The molecule has 1 amide bonds. The summed E-state index contributed by atoms with van der Waals surface area (Å²) >= 11 is 0. The number of carbonyl (C=O) groups is 1. The topological polar surface area (TPSA) is 105 Å². The van der Waals surface area contributed by atoms with E-state index in [1.54, 1.807) is 0 Å². The van der Waals surface area contributed by atoms with Crippen molar-refractivity contribution in [3.05, 3.63) is 11.4 Å². The summed E-state index contributed by atoms with van der Waals surface area (Å²) in [5, 5.41) is 5.76. The van der Waals surface area contributed by atoms with Gasteiger partial charge in [-0.3, -0.25) is 4.79 Å². The van der Waals surface area contributed by atoms with E-state index >= 15 is 0 Å². The lowest BCUT2D eigenvalue weighted by atomic mass is 10.3. The van der Waals surface area contributed by atoms with Gasteiger partial charge >= 0.3 is 0 Å². The van der Waals surface area contributed by atoms with Crippen LogP contribution in [0.15, 0.2) is 0 Å². The summed E-state index contributed by atoms with van der Waals surface area (Å²) in [6, 6.07) is 0. The van der Waals surface area contributed by atoms with Gasteiger partial charge in [-0.25, -0.2) is 15.8 Å². The third-order valence-electron chi connectivity index (χ3n) is 3.03. The largest absolute Gasteiger partial charge is 0.361 e. The summed E-state index contributed by atoms with van der Waals surface area (Å²) in [5.74, 6) is 7.89. The van der Waals surface area contributed by atoms with Gasteiger partial charge < -0.3 is 16.1 Å². The minimum Gasteiger partial charge on any atom is -0.361 e. The molecular weight excluding hydrogens is 244 g/mol. The molecule has 1 aliphatic carbocycles. The Morgan fingerprint density at radius 1 is 1.37 bits per heavy atom. The van der Waals surface area contributed by atoms with Crippen LogP contribution in [-0.4, -0.2) is 29.0 Å². The van der Waals surface area contributed by atoms with Gasteiger partial charge in [0.05, 0.1) is 6.54 Å². The Bertz CT molecular complexity index is 472. The van der Waals surface area contributed by atoms with Crippen LogP contribution in [0.25, 0.3) is 0 Å². The van der Waals surface area contributed by atoms with Gasteiger partial charge in [-0.05, 0) is 26.7 Å². The van der Waals surface area contributed by atoms with Gasteiger partial charge in [0.15, 0.2) is 0 Å². The molecule has 7 heteroatoms. The molecule has 1 fully saturated rings. The highest BCUT2D eigenvalue weighted by Gasteiger charge is 2.28. The molecule has 0 aliphatic heterocycles. The molecule has 1 heterocycles. The number of hydrazine groups is 1. The van der Waals surface area contributed by atoms with Crippen LogP contribution in [0, 0.1) is 6.92 Å². The molecule has 1 aromatic rings. The molecule has 0 radical (unpaired) electrons. The van der Waals surface area contributed by atoms with E-state index in [1.807, 2.05) is 13.8 Å². The Kier molecular flexibility index (Phi) is 4.16. The third kappa shape index (κ3) is 3.31. The Morgan fingerprint density at radius 3 is 2.63 bits per heavy atom. The van der Waals surface area contributed by atoms with Crippen molar-refractivity contribution in [3.8, 4) is 0 Å². The summed E-state index contributed by atoms with van der Waals surface area (Å²) in [6.45, 7) is 4.56. The summed E-state index contributed by atoms with van der Waals surface area (Å²) < 4.78 is 0. The minimum atomic E-state index is -0.0595. The summed E-state index contributed by atoms with van der Waals surface area (Å²) in [7, 11) is 0. The molecule has 1 aromatic heterocycles. The number of nitrogens with zero attached hydrogens (tertiary/aromatic N) is 2. The zero-order valence-electron chi connectivity index (χ0n) is 11.3. The molecule has 1 aliphatic rings. The van der Waals surface area contributed by atoms with E-state index in [0.717, 1.165) is 24.2 Å². The van der Waals surface area contributed by atoms with Crippen molar-refractivity contribution in [1.82, 2.24) is 15.3 Å². The number of likely N-dealkylation sites (N-methyl/N-ethyl adjacent to an activating group) is 1. The fourth-order valence-electron chi connectivity index (χ4n) is 1.79. The first-order valence-corrected chi connectivity index (χ1v) is 6.51. The highest BCUT2D eigenvalue weighted by Crippen LogP contribution is 2.39. The number of amides is 1. The first-order chi connectivity index (χ1) is 9.15. The number of carbonyl (C=O) groups excluding carboxylic acids is 1. The van der Waals surface area contributed by atoms with Crippen LogP contribution < -0.4 is 21.9 Å². The molecule has 0 aromatic carbocycles. The lowest BCUT2D eigenvalue weighted by molar-refractivity contribution is -0.119. The Hall–Kier alpha value is -1.89. The summed E-state index contributed by atoms with van der Waals surface area (Å²) in [6.07, 6.45) is 2.23.